The number of halogens is 1. The van der Waals surface area contributed by atoms with Crippen LogP contribution in [0.2, 0.25) is 5.02 Å². The van der Waals surface area contributed by atoms with Gasteiger partial charge < -0.3 is 4.90 Å². The topological polar surface area (TPSA) is 57.7 Å². The van der Waals surface area contributed by atoms with Crippen LogP contribution in [0, 0.1) is 6.92 Å². The van der Waals surface area contributed by atoms with Crippen LogP contribution in [-0.2, 0) is 27.8 Å². The molecule has 3 aromatic rings. The van der Waals surface area contributed by atoms with E-state index < -0.39 is 10.0 Å². The Morgan fingerprint density at radius 1 is 0.968 bits per heavy atom. The summed E-state index contributed by atoms with van der Waals surface area (Å²) in [5.74, 6) is -0.229. The number of hydrogen-bond acceptors (Lipinski definition) is 3. The first kappa shape index (κ1) is 21.4. The van der Waals surface area contributed by atoms with E-state index in [1.807, 2.05) is 37.3 Å². The van der Waals surface area contributed by atoms with Crippen molar-refractivity contribution in [1.82, 2.24) is 4.90 Å². The summed E-state index contributed by atoms with van der Waals surface area (Å²) in [5, 5.41) is 0.448. The van der Waals surface area contributed by atoms with E-state index in [0.717, 1.165) is 17.5 Å². The number of rotatable bonds is 5. The van der Waals surface area contributed by atoms with E-state index in [0.29, 0.717) is 23.8 Å². The molecule has 160 valence electrons. The van der Waals surface area contributed by atoms with Gasteiger partial charge in [-0.15, -0.1) is 0 Å². The Kier molecular flexibility index (Phi) is 6.03. The zero-order chi connectivity index (χ0) is 22.0. The maximum absolute atomic E-state index is 13.5. The number of aryl methyl sites for hydroxylation is 1. The molecule has 0 bridgehead atoms. The molecular weight excluding hydrogens is 432 g/mol. The van der Waals surface area contributed by atoms with Gasteiger partial charge in [-0.2, -0.15) is 0 Å². The largest absolute Gasteiger partial charge is 0.336 e. The minimum absolute atomic E-state index is 0.0919. The molecule has 0 aliphatic carbocycles. The Morgan fingerprint density at radius 3 is 2.29 bits per heavy atom. The molecule has 3 aromatic carbocycles. The summed E-state index contributed by atoms with van der Waals surface area (Å²) >= 11 is 5.93. The molecule has 5 nitrogen and oxygen atoms in total. The highest BCUT2D eigenvalue weighted by molar-refractivity contribution is 7.92. The smallest absolute Gasteiger partial charge is 0.264 e. The quantitative estimate of drug-likeness (QED) is 0.573. The number of hydrogen-bond donors (Lipinski definition) is 0. The molecule has 31 heavy (non-hydrogen) atoms. The van der Waals surface area contributed by atoms with Crippen LogP contribution in [0.3, 0.4) is 0 Å². The van der Waals surface area contributed by atoms with Crippen molar-refractivity contribution in [1.29, 1.82) is 0 Å². The molecule has 0 saturated carbocycles. The second-order valence-corrected chi connectivity index (χ2v) is 9.93. The molecule has 1 aliphatic rings. The predicted molar refractivity (Wildman–Crippen MR) is 123 cm³/mol. The Balaban J connectivity index is 1.64. The molecule has 0 fully saturated rings. The number of benzene rings is 3. The first-order valence-corrected chi connectivity index (χ1v) is 11.9. The van der Waals surface area contributed by atoms with Gasteiger partial charge in [0.05, 0.1) is 10.6 Å². The molecule has 0 N–H and O–H groups in total. The van der Waals surface area contributed by atoms with Gasteiger partial charge in [-0.1, -0.05) is 53.6 Å². The predicted octanol–water partition coefficient (Wildman–Crippen LogP) is 4.43. The van der Waals surface area contributed by atoms with E-state index >= 15 is 0 Å². The fourth-order valence-electron chi connectivity index (χ4n) is 3.69. The second-order valence-electron chi connectivity index (χ2n) is 7.64. The third-order valence-electron chi connectivity index (χ3n) is 5.49. The standard InChI is InChI=1S/C24H23ClN2O3S/c1-18-6-10-22(11-7-18)27(31(29,30)23-12-8-21(25)9-13-23)17-24(28)26-15-14-19-4-2-3-5-20(19)16-26/h2-13H,14-17H2,1H3. The lowest BCUT2D eigenvalue weighted by Gasteiger charge is -2.32. The highest BCUT2D eigenvalue weighted by Gasteiger charge is 2.30. The van der Waals surface area contributed by atoms with Crippen molar-refractivity contribution >= 4 is 33.2 Å². The molecule has 4 rings (SSSR count). The number of anilines is 1. The number of fused-ring (bicyclic) bond motifs is 1. The van der Waals surface area contributed by atoms with E-state index in [4.69, 9.17) is 11.6 Å². The van der Waals surface area contributed by atoms with Crippen LogP contribution in [0.5, 0.6) is 0 Å². The van der Waals surface area contributed by atoms with Crippen LogP contribution in [0.4, 0.5) is 5.69 Å². The molecule has 1 aliphatic heterocycles. The van der Waals surface area contributed by atoms with E-state index in [1.165, 1.54) is 34.1 Å². The molecule has 7 heteroatoms. The lowest BCUT2D eigenvalue weighted by atomic mass is 10.00. The third kappa shape index (κ3) is 4.60. The highest BCUT2D eigenvalue weighted by Crippen LogP contribution is 2.26. The van der Waals surface area contributed by atoms with Crippen LogP contribution in [0.1, 0.15) is 16.7 Å². The van der Waals surface area contributed by atoms with Gasteiger partial charge in [-0.05, 0) is 60.9 Å². The molecule has 0 unspecified atom stereocenters. The number of carbonyl (C=O) groups excluding carboxylic acids is 1. The maximum Gasteiger partial charge on any atom is 0.264 e. The molecule has 0 aromatic heterocycles. The van der Waals surface area contributed by atoms with Crippen molar-refractivity contribution in [3.8, 4) is 0 Å². The van der Waals surface area contributed by atoms with Crippen molar-refractivity contribution in [3.05, 3.63) is 94.5 Å². The summed E-state index contributed by atoms with van der Waals surface area (Å²) in [6, 6.07) is 21.1. The van der Waals surface area contributed by atoms with Crippen molar-refractivity contribution < 1.29 is 13.2 Å². The SMILES string of the molecule is Cc1ccc(N(CC(=O)N2CCc3ccccc3C2)S(=O)(=O)c2ccc(Cl)cc2)cc1. The van der Waals surface area contributed by atoms with Crippen LogP contribution in [0.25, 0.3) is 0 Å². The van der Waals surface area contributed by atoms with E-state index in [1.54, 1.807) is 17.0 Å². The molecule has 0 radical (unpaired) electrons. The molecule has 0 atom stereocenters. The zero-order valence-electron chi connectivity index (χ0n) is 17.2. The minimum atomic E-state index is -3.95. The average Bonchev–Trinajstić information content (AvgIpc) is 2.78. The third-order valence-corrected chi connectivity index (χ3v) is 7.53. The molecular formula is C24H23ClN2O3S. The Labute approximate surface area is 187 Å². The van der Waals surface area contributed by atoms with Gasteiger partial charge in [-0.25, -0.2) is 8.42 Å². The summed E-state index contributed by atoms with van der Waals surface area (Å²) in [6.45, 7) is 2.71. The second kappa shape index (κ2) is 8.73. The summed E-state index contributed by atoms with van der Waals surface area (Å²) < 4.78 is 28.1. The van der Waals surface area contributed by atoms with Gasteiger partial charge in [0.15, 0.2) is 0 Å². The summed E-state index contributed by atoms with van der Waals surface area (Å²) in [7, 11) is -3.95. The first-order valence-electron chi connectivity index (χ1n) is 10.0. The van der Waals surface area contributed by atoms with Crippen LogP contribution in [0.15, 0.2) is 77.7 Å². The summed E-state index contributed by atoms with van der Waals surface area (Å²) in [6.07, 6.45) is 0.760. The number of nitrogens with zero attached hydrogens (tertiary/aromatic N) is 2. The van der Waals surface area contributed by atoms with Gasteiger partial charge in [0.25, 0.3) is 10.0 Å². The molecule has 1 heterocycles. The van der Waals surface area contributed by atoms with E-state index in [2.05, 4.69) is 6.07 Å². The Bertz CT molecular complexity index is 1190. The van der Waals surface area contributed by atoms with E-state index in [9.17, 15) is 13.2 Å². The monoisotopic (exact) mass is 454 g/mol. The highest BCUT2D eigenvalue weighted by atomic mass is 35.5. The fraction of sp³-hybridized carbons (Fsp3) is 0.208. The summed E-state index contributed by atoms with van der Waals surface area (Å²) in [5.41, 5.74) is 3.79. The molecule has 1 amide bonds. The van der Waals surface area contributed by atoms with Crippen molar-refractivity contribution in [2.75, 3.05) is 17.4 Å². The van der Waals surface area contributed by atoms with Gasteiger partial charge in [0.2, 0.25) is 5.91 Å². The Hall–Kier alpha value is -2.83. The van der Waals surface area contributed by atoms with E-state index in [-0.39, 0.29) is 17.3 Å². The number of sulfonamides is 1. The number of amides is 1. The van der Waals surface area contributed by atoms with Crippen molar-refractivity contribution in [2.24, 2.45) is 0 Å². The van der Waals surface area contributed by atoms with Crippen LogP contribution >= 0.6 is 11.6 Å². The first-order chi connectivity index (χ1) is 14.8. The zero-order valence-corrected chi connectivity index (χ0v) is 18.7. The van der Waals surface area contributed by atoms with Gasteiger partial charge >= 0.3 is 0 Å². The lowest BCUT2D eigenvalue weighted by Crippen LogP contribution is -2.44. The normalized spacial score (nSPS) is 13.5. The van der Waals surface area contributed by atoms with Gasteiger partial charge in [-0.3, -0.25) is 9.10 Å². The van der Waals surface area contributed by atoms with Crippen LogP contribution < -0.4 is 4.31 Å². The fourth-order valence-corrected chi connectivity index (χ4v) is 5.23. The Morgan fingerprint density at radius 2 is 1.61 bits per heavy atom. The lowest BCUT2D eigenvalue weighted by molar-refractivity contribution is -0.130. The summed E-state index contributed by atoms with van der Waals surface area (Å²) in [4.78, 5) is 15.0. The molecule has 0 spiro atoms. The van der Waals surface area contributed by atoms with Gasteiger partial charge in [0.1, 0.15) is 6.54 Å². The van der Waals surface area contributed by atoms with Crippen molar-refractivity contribution in [3.63, 3.8) is 0 Å². The molecule has 0 saturated heterocycles. The van der Waals surface area contributed by atoms with Gasteiger partial charge in [0, 0.05) is 18.1 Å². The minimum Gasteiger partial charge on any atom is -0.336 e. The maximum atomic E-state index is 13.5. The van der Waals surface area contributed by atoms with Crippen molar-refractivity contribution in [2.45, 2.75) is 24.8 Å². The number of carbonyl (C=O) groups is 1. The average molecular weight is 455 g/mol. The van der Waals surface area contributed by atoms with Crippen LogP contribution in [-0.4, -0.2) is 32.3 Å².